The number of nitro benzene ring substituents is 1. The number of morpholine rings is 1. The molecule has 4 rings (SSSR count). The first-order chi connectivity index (χ1) is 14.5. The number of aromatic nitrogens is 3. The SMILES string of the molecule is Cc1c(C(=O)Nc2cccc(N3CCOCC3)c2)nnn1-c1cccc([N+](=O)[O-])c1. The third-order valence-electron chi connectivity index (χ3n) is 4.88. The largest absolute Gasteiger partial charge is 0.378 e. The van der Waals surface area contributed by atoms with Gasteiger partial charge in [-0.2, -0.15) is 0 Å². The molecule has 0 radical (unpaired) electrons. The molecule has 1 aliphatic rings. The lowest BCUT2D eigenvalue weighted by Gasteiger charge is -2.29. The molecular formula is C20H20N6O4. The molecule has 1 fully saturated rings. The summed E-state index contributed by atoms with van der Waals surface area (Å²) in [5.41, 5.74) is 2.69. The summed E-state index contributed by atoms with van der Waals surface area (Å²) in [5.74, 6) is -0.400. The molecule has 1 saturated heterocycles. The van der Waals surface area contributed by atoms with Crippen molar-refractivity contribution in [3.63, 3.8) is 0 Å². The normalized spacial score (nSPS) is 13.8. The van der Waals surface area contributed by atoms with Crippen LogP contribution in [0.4, 0.5) is 17.1 Å². The van der Waals surface area contributed by atoms with Gasteiger partial charge in [0.15, 0.2) is 5.69 Å². The number of hydrogen-bond donors (Lipinski definition) is 1. The van der Waals surface area contributed by atoms with E-state index in [1.165, 1.54) is 16.8 Å². The first kappa shape index (κ1) is 19.5. The van der Waals surface area contributed by atoms with Gasteiger partial charge in [-0.1, -0.05) is 17.3 Å². The molecule has 10 nitrogen and oxygen atoms in total. The van der Waals surface area contributed by atoms with Crippen LogP contribution in [0.2, 0.25) is 0 Å². The number of non-ortho nitro benzene ring substituents is 1. The van der Waals surface area contributed by atoms with Gasteiger partial charge in [0.1, 0.15) is 0 Å². The van der Waals surface area contributed by atoms with Crippen molar-refractivity contribution in [1.82, 2.24) is 15.0 Å². The molecule has 0 saturated carbocycles. The molecule has 30 heavy (non-hydrogen) atoms. The lowest BCUT2D eigenvalue weighted by atomic mass is 10.2. The van der Waals surface area contributed by atoms with E-state index in [4.69, 9.17) is 4.74 Å². The molecule has 2 heterocycles. The van der Waals surface area contributed by atoms with Gasteiger partial charge in [-0.25, -0.2) is 4.68 Å². The molecule has 1 N–H and O–H groups in total. The zero-order valence-corrected chi connectivity index (χ0v) is 16.3. The molecule has 0 aliphatic carbocycles. The number of benzene rings is 2. The van der Waals surface area contributed by atoms with Gasteiger partial charge in [0.05, 0.1) is 29.5 Å². The molecule has 0 bridgehead atoms. The number of rotatable bonds is 5. The highest BCUT2D eigenvalue weighted by Gasteiger charge is 2.19. The Morgan fingerprint density at radius 2 is 1.87 bits per heavy atom. The van der Waals surface area contributed by atoms with Gasteiger partial charge in [-0.05, 0) is 31.2 Å². The zero-order valence-electron chi connectivity index (χ0n) is 16.3. The summed E-state index contributed by atoms with van der Waals surface area (Å²) >= 11 is 0. The van der Waals surface area contributed by atoms with Crippen LogP contribution in [0.15, 0.2) is 48.5 Å². The number of nitrogens with one attached hydrogen (secondary N) is 1. The molecule has 0 atom stereocenters. The van der Waals surface area contributed by atoms with Crippen LogP contribution >= 0.6 is 0 Å². The number of nitrogens with zero attached hydrogens (tertiary/aromatic N) is 5. The number of amides is 1. The lowest BCUT2D eigenvalue weighted by molar-refractivity contribution is -0.384. The topological polar surface area (TPSA) is 115 Å². The minimum absolute atomic E-state index is 0.0617. The second kappa shape index (κ2) is 8.29. The monoisotopic (exact) mass is 408 g/mol. The van der Waals surface area contributed by atoms with Crippen molar-refractivity contribution in [2.45, 2.75) is 6.92 Å². The summed E-state index contributed by atoms with van der Waals surface area (Å²) in [6.45, 7) is 4.65. The first-order valence-electron chi connectivity index (χ1n) is 9.44. The summed E-state index contributed by atoms with van der Waals surface area (Å²) in [5, 5.41) is 21.8. The number of anilines is 2. The van der Waals surface area contributed by atoms with Crippen molar-refractivity contribution in [1.29, 1.82) is 0 Å². The van der Waals surface area contributed by atoms with Crippen LogP contribution in [-0.2, 0) is 4.74 Å². The van der Waals surface area contributed by atoms with Crippen molar-refractivity contribution in [3.8, 4) is 5.69 Å². The highest BCUT2D eigenvalue weighted by atomic mass is 16.6. The fourth-order valence-corrected chi connectivity index (χ4v) is 3.31. The Kier molecular flexibility index (Phi) is 5.40. The molecule has 2 aromatic carbocycles. The Hall–Kier alpha value is -3.79. The van der Waals surface area contributed by atoms with Crippen LogP contribution in [0.25, 0.3) is 5.69 Å². The van der Waals surface area contributed by atoms with E-state index in [0.29, 0.717) is 30.3 Å². The molecular weight excluding hydrogens is 388 g/mol. The van der Waals surface area contributed by atoms with Crippen molar-refractivity contribution in [2.24, 2.45) is 0 Å². The molecule has 10 heteroatoms. The van der Waals surface area contributed by atoms with Gasteiger partial charge in [0.25, 0.3) is 11.6 Å². The molecule has 1 aliphatic heterocycles. The predicted molar refractivity (Wildman–Crippen MR) is 110 cm³/mol. The van der Waals surface area contributed by atoms with Gasteiger partial charge in [-0.3, -0.25) is 14.9 Å². The van der Waals surface area contributed by atoms with Gasteiger partial charge in [-0.15, -0.1) is 5.10 Å². The van der Waals surface area contributed by atoms with Crippen LogP contribution in [0.3, 0.4) is 0 Å². The van der Waals surface area contributed by atoms with Gasteiger partial charge < -0.3 is 15.0 Å². The summed E-state index contributed by atoms with van der Waals surface area (Å²) in [4.78, 5) is 25.5. The van der Waals surface area contributed by atoms with E-state index in [0.717, 1.165) is 18.8 Å². The highest BCUT2D eigenvalue weighted by Crippen LogP contribution is 2.22. The average Bonchev–Trinajstić information content (AvgIpc) is 3.16. The maximum Gasteiger partial charge on any atom is 0.278 e. The van der Waals surface area contributed by atoms with Crippen LogP contribution in [0.5, 0.6) is 0 Å². The maximum absolute atomic E-state index is 12.8. The second-order valence-corrected chi connectivity index (χ2v) is 6.82. The van der Waals surface area contributed by atoms with E-state index in [2.05, 4.69) is 20.5 Å². The molecule has 1 aromatic heterocycles. The summed E-state index contributed by atoms with van der Waals surface area (Å²) in [6, 6.07) is 13.6. The zero-order chi connectivity index (χ0) is 21.1. The Morgan fingerprint density at radius 3 is 2.63 bits per heavy atom. The minimum atomic E-state index is -0.481. The van der Waals surface area contributed by atoms with E-state index < -0.39 is 10.8 Å². The Morgan fingerprint density at radius 1 is 1.13 bits per heavy atom. The average molecular weight is 408 g/mol. The fraction of sp³-hybridized carbons (Fsp3) is 0.250. The maximum atomic E-state index is 12.8. The predicted octanol–water partition coefficient (Wildman–Crippen LogP) is 2.57. The van der Waals surface area contributed by atoms with Gasteiger partial charge in [0, 0.05) is 36.6 Å². The highest BCUT2D eigenvalue weighted by molar-refractivity contribution is 6.03. The fourth-order valence-electron chi connectivity index (χ4n) is 3.31. The number of ether oxygens (including phenoxy) is 1. The smallest absolute Gasteiger partial charge is 0.278 e. The van der Waals surface area contributed by atoms with Crippen LogP contribution < -0.4 is 10.2 Å². The van der Waals surface area contributed by atoms with E-state index in [9.17, 15) is 14.9 Å². The summed E-state index contributed by atoms with van der Waals surface area (Å²) in [6.07, 6.45) is 0. The van der Waals surface area contributed by atoms with Crippen LogP contribution in [0, 0.1) is 17.0 Å². The van der Waals surface area contributed by atoms with Crippen molar-refractivity contribution < 1.29 is 14.5 Å². The molecule has 0 unspecified atom stereocenters. The van der Waals surface area contributed by atoms with E-state index in [1.54, 1.807) is 19.1 Å². The summed E-state index contributed by atoms with van der Waals surface area (Å²) in [7, 11) is 0. The number of carbonyl (C=O) groups is 1. The van der Waals surface area contributed by atoms with Gasteiger partial charge in [0.2, 0.25) is 0 Å². The Bertz CT molecular complexity index is 1090. The lowest BCUT2D eigenvalue weighted by Crippen LogP contribution is -2.36. The van der Waals surface area contributed by atoms with Crippen molar-refractivity contribution in [3.05, 3.63) is 70.0 Å². The van der Waals surface area contributed by atoms with Crippen LogP contribution in [0.1, 0.15) is 16.2 Å². The first-order valence-corrected chi connectivity index (χ1v) is 9.44. The molecule has 0 spiro atoms. The number of hydrogen-bond acceptors (Lipinski definition) is 7. The third-order valence-corrected chi connectivity index (χ3v) is 4.88. The summed E-state index contributed by atoms with van der Waals surface area (Å²) < 4.78 is 6.79. The van der Waals surface area contributed by atoms with Crippen molar-refractivity contribution in [2.75, 3.05) is 36.5 Å². The quantitative estimate of drug-likeness (QED) is 0.509. The third kappa shape index (κ3) is 3.98. The van der Waals surface area contributed by atoms with E-state index in [1.807, 2.05) is 24.3 Å². The standard InChI is InChI=1S/C20H20N6O4/c1-14-19(22-23-25(14)17-6-3-7-18(13-17)26(28)29)20(27)21-15-4-2-5-16(12-15)24-8-10-30-11-9-24/h2-7,12-13H,8-11H2,1H3,(H,21,27). The second-order valence-electron chi connectivity index (χ2n) is 6.82. The number of nitro groups is 1. The Labute approximate surface area is 172 Å². The minimum Gasteiger partial charge on any atom is -0.378 e. The molecule has 3 aromatic rings. The van der Waals surface area contributed by atoms with Gasteiger partial charge >= 0.3 is 0 Å². The number of carbonyl (C=O) groups excluding carboxylic acids is 1. The van der Waals surface area contributed by atoms with E-state index in [-0.39, 0.29) is 11.4 Å². The van der Waals surface area contributed by atoms with E-state index >= 15 is 0 Å². The van der Waals surface area contributed by atoms with Crippen LogP contribution in [-0.4, -0.2) is 52.1 Å². The van der Waals surface area contributed by atoms with Crippen molar-refractivity contribution >= 4 is 23.0 Å². The molecule has 154 valence electrons. The Balaban J connectivity index is 1.54. The molecule has 1 amide bonds.